The minimum absolute atomic E-state index is 0.0423. The molecule has 1 aliphatic rings. The Morgan fingerprint density at radius 3 is 2.67 bits per heavy atom. The number of likely N-dealkylation sites (N-methyl/N-ethyl adjacent to an activating group) is 1. The van der Waals surface area contributed by atoms with Crippen molar-refractivity contribution in [3.63, 3.8) is 0 Å². The van der Waals surface area contributed by atoms with E-state index in [1.54, 1.807) is 7.11 Å². The zero-order valence-electron chi connectivity index (χ0n) is 18.6. The standard InChI is InChI=1S/C23H34N4O3/c1-5-20-17(2)21(25-24-20)22(28)27-13-6-11-23(29,12-14-27)16-26(3)15-18-7-9-19(30-4)10-8-18/h7-10,29H,5-6,11-16H2,1-4H3,(H,24,25). The zero-order valence-corrected chi connectivity index (χ0v) is 18.6. The Bertz CT molecular complexity index is 849. The van der Waals surface area contributed by atoms with Gasteiger partial charge in [0.15, 0.2) is 5.69 Å². The van der Waals surface area contributed by atoms with E-state index in [1.165, 1.54) is 5.56 Å². The second kappa shape index (κ2) is 9.62. The molecule has 0 aliphatic carbocycles. The maximum atomic E-state index is 13.0. The van der Waals surface area contributed by atoms with Crippen molar-refractivity contribution in [1.29, 1.82) is 0 Å². The molecule has 1 aromatic carbocycles. The molecule has 2 N–H and O–H groups in total. The van der Waals surface area contributed by atoms with E-state index < -0.39 is 5.60 Å². The molecule has 164 valence electrons. The van der Waals surface area contributed by atoms with E-state index in [2.05, 4.69) is 15.1 Å². The number of carbonyl (C=O) groups is 1. The van der Waals surface area contributed by atoms with Crippen molar-refractivity contribution in [3.05, 3.63) is 46.8 Å². The number of nitrogens with zero attached hydrogens (tertiary/aromatic N) is 3. The Hall–Kier alpha value is -2.38. The molecule has 1 saturated heterocycles. The lowest BCUT2D eigenvalue weighted by Gasteiger charge is -2.31. The summed E-state index contributed by atoms with van der Waals surface area (Å²) >= 11 is 0. The van der Waals surface area contributed by atoms with Crippen LogP contribution in [-0.2, 0) is 13.0 Å². The van der Waals surface area contributed by atoms with E-state index in [-0.39, 0.29) is 5.91 Å². The summed E-state index contributed by atoms with van der Waals surface area (Å²) < 4.78 is 5.21. The highest BCUT2D eigenvalue weighted by Gasteiger charge is 2.33. The third kappa shape index (κ3) is 5.21. The van der Waals surface area contributed by atoms with Crippen LogP contribution >= 0.6 is 0 Å². The third-order valence-corrected chi connectivity index (χ3v) is 6.05. The van der Waals surface area contributed by atoms with Gasteiger partial charge in [-0.3, -0.25) is 14.8 Å². The number of aliphatic hydroxyl groups is 1. The Morgan fingerprint density at radius 2 is 2.03 bits per heavy atom. The summed E-state index contributed by atoms with van der Waals surface area (Å²) in [6.45, 7) is 6.50. The van der Waals surface area contributed by atoms with E-state index in [9.17, 15) is 9.90 Å². The SMILES string of the molecule is CCc1[nH]nc(C(=O)N2CCCC(O)(CN(C)Cc3ccc(OC)cc3)CC2)c1C. The number of H-pyrrole nitrogens is 1. The summed E-state index contributed by atoms with van der Waals surface area (Å²) in [5.74, 6) is 0.797. The lowest BCUT2D eigenvalue weighted by molar-refractivity contribution is -0.00402. The largest absolute Gasteiger partial charge is 0.497 e. The van der Waals surface area contributed by atoms with Gasteiger partial charge in [-0.1, -0.05) is 19.1 Å². The van der Waals surface area contributed by atoms with Gasteiger partial charge >= 0.3 is 0 Å². The molecule has 3 rings (SSSR count). The fourth-order valence-corrected chi connectivity index (χ4v) is 4.28. The first-order valence-electron chi connectivity index (χ1n) is 10.7. The maximum absolute atomic E-state index is 13.0. The van der Waals surface area contributed by atoms with Crippen LogP contribution in [0.25, 0.3) is 0 Å². The first-order chi connectivity index (χ1) is 14.3. The van der Waals surface area contributed by atoms with Gasteiger partial charge < -0.3 is 14.7 Å². The Kier molecular flexibility index (Phi) is 7.15. The van der Waals surface area contributed by atoms with Gasteiger partial charge in [0.1, 0.15) is 5.75 Å². The van der Waals surface area contributed by atoms with E-state index >= 15 is 0 Å². The van der Waals surface area contributed by atoms with Crippen molar-refractivity contribution < 1.29 is 14.6 Å². The molecule has 0 spiro atoms. The van der Waals surface area contributed by atoms with Crippen molar-refractivity contribution in [2.75, 3.05) is 33.8 Å². The first kappa shape index (κ1) is 22.3. The van der Waals surface area contributed by atoms with Gasteiger partial charge in [0, 0.05) is 37.4 Å². The second-order valence-electron chi connectivity index (χ2n) is 8.42. The summed E-state index contributed by atoms with van der Waals surface area (Å²) in [7, 11) is 3.68. The molecule has 0 saturated carbocycles. The second-order valence-corrected chi connectivity index (χ2v) is 8.42. The number of methoxy groups -OCH3 is 1. The number of aryl methyl sites for hydroxylation is 1. The predicted molar refractivity (Wildman–Crippen MR) is 117 cm³/mol. The summed E-state index contributed by atoms with van der Waals surface area (Å²) in [6.07, 6.45) is 2.86. The fraction of sp³-hybridized carbons (Fsp3) is 0.565. The number of hydrogen-bond donors (Lipinski definition) is 2. The highest BCUT2D eigenvalue weighted by molar-refractivity contribution is 5.93. The number of hydrogen-bond acceptors (Lipinski definition) is 5. The van der Waals surface area contributed by atoms with Crippen LogP contribution in [0.4, 0.5) is 0 Å². The van der Waals surface area contributed by atoms with Crippen LogP contribution in [0.3, 0.4) is 0 Å². The average Bonchev–Trinajstić information content (AvgIpc) is 2.99. The average molecular weight is 415 g/mol. The van der Waals surface area contributed by atoms with E-state index in [4.69, 9.17) is 4.74 Å². The Balaban J connectivity index is 1.58. The number of aromatic amines is 1. The summed E-state index contributed by atoms with van der Waals surface area (Å²) in [5.41, 5.74) is 2.82. The number of amides is 1. The normalized spacial score (nSPS) is 19.7. The molecule has 1 amide bonds. The van der Waals surface area contributed by atoms with Gasteiger partial charge in [0.05, 0.1) is 12.7 Å². The third-order valence-electron chi connectivity index (χ3n) is 6.05. The number of carbonyl (C=O) groups excluding carboxylic acids is 1. The van der Waals surface area contributed by atoms with Crippen LogP contribution in [0.5, 0.6) is 5.75 Å². The molecule has 1 unspecified atom stereocenters. The van der Waals surface area contributed by atoms with Gasteiger partial charge in [-0.25, -0.2) is 0 Å². The highest BCUT2D eigenvalue weighted by atomic mass is 16.5. The van der Waals surface area contributed by atoms with Gasteiger partial charge in [0.2, 0.25) is 0 Å². The zero-order chi connectivity index (χ0) is 21.7. The molecule has 1 aliphatic heterocycles. The van der Waals surface area contributed by atoms with Crippen LogP contribution in [0.2, 0.25) is 0 Å². The van der Waals surface area contributed by atoms with Crippen molar-refractivity contribution in [3.8, 4) is 5.75 Å². The molecular weight excluding hydrogens is 380 g/mol. The Morgan fingerprint density at radius 1 is 1.30 bits per heavy atom. The highest BCUT2D eigenvalue weighted by Crippen LogP contribution is 2.25. The quantitative estimate of drug-likeness (QED) is 0.728. The molecule has 1 fully saturated rings. The number of aromatic nitrogens is 2. The lowest BCUT2D eigenvalue weighted by Crippen LogP contribution is -2.42. The minimum atomic E-state index is -0.800. The van der Waals surface area contributed by atoms with Gasteiger partial charge in [-0.15, -0.1) is 0 Å². The molecule has 0 bridgehead atoms. The number of rotatable bonds is 7. The first-order valence-corrected chi connectivity index (χ1v) is 10.7. The smallest absolute Gasteiger partial charge is 0.274 e. The van der Waals surface area contributed by atoms with Crippen molar-refractivity contribution in [2.45, 2.75) is 51.7 Å². The van der Waals surface area contributed by atoms with Crippen LogP contribution in [0.1, 0.15) is 53.5 Å². The van der Waals surface area contributed by atoms with Gasteiger partial charge in [-0.05, 0) is 57.4 Å². The maximum Gasteiger partial charge on any atom is 0.274 e. The van der Waals surface area contributed by atoms with Crippen LogP contribution in [0.15, 0.2) is 24.3 Å². The lowest BCUT2D eigenvalue weighted by atomic mass is 9.94. The van der Waals surface area contributed by atoms with Gasteiger partial charge in [0.25, 0.3) is 5.91 Å². The molecule has 2 heterocycles. The molecule has 30 heavy (non-hydrogen) atoms. The molecule has 7 heteroatoms. The van der Waals surface area contributed by atoms with E-state index in [0.717, 1.165) is 36.4 Å². The molecule has 1 atom stereocenters. The monoisotopic (exact) mass is 414 g/mol. The topological polar surface area (TPSA) is 81.7 Å². The number of likely N-dealkylation sites (tertiary alicyclic amines) is 1. The fourth-order valence-electron chi connectivity index (χ4n) is 4.28. The molecule has 2 aromatic rings. The number of ether oxygens (including phenoxy) is 1. The summed E-state index contributed by atoms with van der Waals surface area (Å²) in [4.78, 5) is 17.0. The molecule has 1 aromatic heterocycles. The van der Waals surface area contributed by atoms with Crippen molar-refractivity contribution in [2.24, 2.45) is 0 Å². The Labute approximate surface area is 179 Å². The van der Waals surface area contributed by atoms with Crippen molar-refractivity contribution >= 4 is 5.91 Å². The summed E-state index contributed by atoms with van der Waals surface area (Å²) in [5, 5.41) is 18.4. The minimum Gasteiger partial charge on any atom is -0.497 e. The van der Waals surface area contributed by atoms with Crippen LogP contribution in [-0.4, -0.2) is 70.4 Å². The molecule has 7 nitrogen and oxygen atoms in total. The van der Waals surface area contributed by atoms with E-state index in [1.807, 2.05) is 50.1 Å². The van der Waals surface area contributed by atoms with E-state index in [0.29, 0.717) is 38.2 Å². The van der Waals surface area contributed by atoms with Crippen LogP contribution < -0.4 is 4.74 Å². The molecule has 0 radical (unpaired) electrons. The van der Waals surface area contributed by atoms with Crippen LogP contribution in [0, 0.1) is 6.92 Å². The summed E-state index contributed by atoms with van der Waals surface area (Å²) in [6, 6.07) is 8.00. The predicted octanol–water partition coefficient (Wildman–Crippen LogP) is 2.78. The number of benzene rings is 1. The molecular formula is C23H34N4O3. The van der Waals surface area contributed by atoms with Gasteiger partial charge in [-0.2, -0.15) is 5.10 Å². The number of nitrogens with one attached hydrogen (secondary N) is 1. The van der Waals surface area contributed by atoms with Crippen molar-refractivity contribution in [1.82, 2.24) is 20.0 Å².